The molecule has 1 atom stereocenters. The fourth-order valence-corrected chi connectivity index (χ4v) is 0.856. The summed E-state index contributed by atoms with van der Waals surface area (Å²) in [7, 11) is 0. The molecule has 1 aromatic heterocycles. The van der Waals surface area contributed by atoms with Gasteiger partial charge >= 0.3 is 0 Å². The lowest BCUT2D eigenvalue weighted by atomic mass is 10.0. The second-order valence-corrected chi connectivity index (χ2v) is 3.22. The van der Waals surface area contributed by atoms with Crippen molar-refractivity contribution in [2.24, 2.45) is 5.73 Å². The van der Waals surface area contributed by atoms with Gasteiger partial charge in [0.05, 0.1) is 6.07 Å². The Morgan fingerprint density at radius 3 is 2.86 bits per heavy atom. The van der Waals surface area contributed by atoms with Crippen LogP contribution in [0, 0.1) is 22.7 Å². The van der Waals surface area contributed by atoms with E-state index in [1.807, 2.05) is 12.1 Å². The second-order valence-electron chi connectivity index (χ2n) is 3.22. The lowest BCUT2D eigenvalue weighted by Gasteiger charge is -2.13. The molecule has 6 heteroatoms. The fourth-order valence-electron chi connectivity index (χ4n) is 0.856. The fraction of sp³-hybridized carbons (Fsp3) is 0.500. The number of hydrogen-bond acceptors (Lipinski definition) is 5. The van der Waals surface area contributed by atoms with Gasteiger partial charge in [-0.3, -0.25) is 4.68 Å². The van der Waals surface area contributed by atoms with Crippen molar-refractivity contribution in [1.82, 2.24) is 14.8 Å². The number of rotatable bonds is 3. The Morgan fingerprint density at radius 2 is 2.36 bits per heavy atom. The second kappa shape index (κ2) is 3.86. The zero-order valence-corrected chi connectivity index (χ0v) is 7.80. The quantitative estimate of drug-likeness (QED) is 0.709. The van der Waals surface area contributed by atoms with Crippen molar-refractivity contribution < 1.29 is 0 Å². The van der Waals surface area contributed by atoms with Crippen LogP contribution < -0.4 is 5.73 Å². The monoisotopic (exact) mass is 190 g/mol. The SMILES string of the molecule is CC(N)(C#N)CCn1cnc(C#N)n1. The summed E-state index contributed by atoms with van der Waals surface area (Å²) in [6, 6.07) is 3.80. The van der Waals surface area contributed by atoms with E-state index in [0.29, 0.717) is 13.0 Å². The van der Waals surface area contributed by atoms with Crippen LogP contribution in [0.2, 0.25) is 0 Å². The third kappa shape index (κ3) is 2.54. The van der Waals surface area contributed by atoms with Crippen LogP contribution in [0.5, 0.6) is 0 Å². The van der Waals surface area contributed by atoms with E-state index in [1.165, 1.54) is 11.0 Å². The molecule has 1 aromatic rings. The molecular weight excluding hydrogens is 180 g/mol. The first kappa shape index (κ1) is 10.2. The lowest BCUT2D eigenvalue weighted by molar-refractivity contribution is 0.466. The Labute approximate surface area is 81.6 Å². The summed E-state index contributed by atoms with van der Waals surface area (Å²) < 4.78 is 1.50. The Bertz CT molecular complexity index is 391. The molecule has 0 aliphatic carbocycles. The minimum Gasteiger partial charge on any atom is -0.314 e. The zero-order chi connectivity index (χ0) is 10.6. The van der Waals surface area contributed by atoms with Gasteiger partial charge in [0.15, 0.2) is 0 Å². The molecule has 2 N–H and O–H groups in total. The van der Waals surface area contributed by atoms with Crippen LogP contribution in [-0.2, 0) is 6.54 Å². The van der Waals surface area contributed by atoms with Crippen molar-refractivity contribution in [2.45, 2.75) is 25.4 Å². The summed E-state index contributed by atoms with van der Waals surface area (Å²) in [6.45, 7) is 2.13. The van der Waals surface area contributed by atoms with Crippen LogP contribution in [0.3, 0.4) is 0 Å². The largest absolute Gasteiger partial charge is 0.314 e. The number of aromatic nitrogens is 3. The van der Waals surface area contributed by atoms with E-state index >= 15 is 0 Å². The van der Waals surface area contributed by atoms with Gasteiger partial charge in [0, 0.05) is 6.54 Å². The highest BCUT2D eigenvalue weighted by Crippen LogP contribution is 2.04. The zero-order valence-electron chi connectivity index (χ0n) is 7.80. The predicted molar refractivity (Wildman–Crippen MR) is 47.6 cm³/mol. The Balaban J connectivity index is 2.56. The van der Waals surface area contributed by atoms with Gasteiger partial charge in [0.25, 0.3) is 5.82 Å². The van der Waals surface area contributed by atoms with Crippen molar-refractivity contribution in [2.75, 3.05) is 0 Å². The molecule has 1 heterocycles. The Kier molecular flexibility index (Phi) is 2.80. The highest BCUT2D eigenvalue weighted by atomic mass is 15.3. The number of nitrogens with two attached hydrogens (primary N) is 1. The molecule has 0 amide bonds. The van der Waals surface area contributed by atoms with Gasteiger partial charge < -0.3 is 5.73 Å². The summed E-state index contributed by atoms with van der Waals surface area (Å²) >= 11 is 0. The van der Waals surface area contributed by atoms with Crippen molar-refractivity contribution in [3.8, 4) is 12.1 Å². The van der Waals surface area contributed by atoms with Crippen LogP contribution in [0.25, 0.3) is 0 Å². The molecule has 72 valence electrons. The molecule has 0 aliphatic heterocycles. The van der Waals surface area contributed by atoms with Gasteiger partial charge in [-0.25, -0.2) is 4.98 Å². The average molecular weight is 190 g/mol. The van der Waals surface area contributed by atoms with E-state index in [-0.39, 0.29) is 5.82 Å². The highest BCUT2D eigenvalue weighted by Gasteiger charge is 2.17. The minimum absolute atomic E-state index is 0.126. The van der Waals surface area contributed by atoms with Gasteiger partial charge in [-0.05, 0) is 13.3 Å². The molecule has 1 unspecified atom stereocenters. The maximum absolute atomic E-state index is 8.65. The molecule has 0 saturated carbocycles. The molecule has 0 saturated heterocycles. The number of aryl methyl sites for hydroxylation is 1. The molecule has 0 radical (unpaired) electrons. The predicted octanol–water partition coefficient (Wildman–Crippen LogP) is -0.219. The minimum atomic E-state index is -0.862. The Hall–Kier alpha value is -1.92. The third-order valence-corrected chi connectivity index (χ3v) is 1.75. The lowest BCUT2D eigenvalue weighted by Crippen LogP contribution is -2.35. The van der Waals surface area contributed by atoms with Crippen molar-refractivity contribution in [3.05, 3.63) is 12.2 Å². The van der Waals surface area contributed by atoms with Crippen LogP contribution in [0.15, 0.2) is 6.33 Å². The molecule has 1 rings (SSSR count). The molecule has 14 heavy (non-hydrogen) atoms. The molecular formula is C8H10N6. The van der Waals surface area contributed by atoms with Crippen LogP contribution in [0.4, 0.5) is 0 Å². The Morgan fingerprint density at radius 1 is 1.64 bits per heavy atom. The molecule has 0 aliphatic rings. The normalized spacial score (nSPS) is 14.0. The van der Waals surface area contributed by atoms with Crippen molar-refractivity contribution >= 4 is 0 Å². The molecule has 6 nitrogen and oxygen atoms in total. The van der Waals surface area contributed by atoms with Gasteiger partial charge in [-0.1, -0.05) is 0 Å². The summed E-state index contributed by atoms with van der Waals surface area (Å²) in [6.07, 6.45) is 1.92. The molecule has 0 fully saturated rings. The van der Waals surface area contributed by atoms with Crippen LogP contribution in [0.1, 0.15) is 19.2 Å². The summed E-state index contributed by atoms with van der Waals surface area (Å²) in [5, 5.41) is 21.0. The first-order valence-electron chi connectivity index (χ1n) is 4.07. The number of hydrogen-bond donors (Lipinski definition) is 1. The molecule has 0 spiro atoms. The van der Waals surface area contributed by atoms with Gasteiger partial charge in [-0.2, -0.15) is 10.5 Å². The first-order valence-corrected chi connectivity index (χ1v) is 4.07. The van der Waals surface area contributed by atoms with E-state index < -0.39 is 5.54 Å². The standard InChI is InChI=1S/C8H10N6/c1-8(11,5-10)2-3-14-6-12-7(4-9)13-14/h6H,2-3,11H2,1H3. The van der Waals surface area contributed by atoms with E-state index in [1.54, 1.807) is 6.92 Å². The van der Waals surface area contributed by atoms with E-state index in [2.05, 4.69) is 10.1 Å². The van der Waals surface area contributed by atoms with Gasteiger partial charge in [-0.15, -0.1) is 5.10 Å². The summed E-state index contributed by atoms with van der Waals surface area (Å²) in [5.41, 5.74) is 4.75. The van der Waals surface area contributed by atoms with E-state index in [0.717, 1.165) is 0 Å². The molecule has 0 aromatic carbocycles. The maximum Gasteiger partial charge on any atom is 0.252 e. The average Bonchev–Trinajstić information content (AvgIpc) is 2.63. The number of nitriles is 2. The highest BCUT2D eigenvalue weighted by molar-refractivity contribution is 5.05. The summed E-state index contributed by atoms with van der Waals surface area (Å²) in [4.78, 5) is 3.73. The van der Waals surface area contributed by atoms with Crippen molar-refractivity contribution in [3.63, 3.8) is 0 Å². The van der Waals surface area contributed by atoms with Gasteiger partial charge in [0.2, 0.25) is 0 Å². The van der Waals surface area contributed by atoms with E-state index in [9.17, 15) is 0 Å². The van der Waals surface area contributed by atoms with E-state index in [4.69, 9.17) is 16.3 Å². The van der Waals surface area contributed by atoms with Crippen molar-refractivity contribution in [1.29, 1.82) is 10.5 Å². The topological polar surface area (TPSA) is 104 Å². The number of nitrogens with zero attached hydrogens (tertiary/aromatic N) is 5. The first-order chi connectivity index (χ1) is 6.57. The van der Waals surface area contributed by atoms with Crippen LogP contribution in [-0.4, -0.2) is 20.3 Å². The molecule has 0 bridgehead atoms. The smallest absolute Gasteiger partial charge is 0.252 e. The van der Waals surface area contributed by atoms with Crippen LogP contribution >= 0.6 is 0 Å². The summed E-state index contributed by atoms with van der Waals surface area (Å²) in [5.74, 6) is 0.126. The third-order valence-electron chi connectivity index (χ3n) is 1.75. The van der Waals surface area contributed by atoms with Gasteiger partial charge in [0.1, 0.15) is 17.9 Å². The maximum atomic E-state index is 8.65.